The fourth-order valence-corrected chi connectivity index (χ4v) is 4.13. The second-order valence-electron chi connectivity index (χ2n) is 7.65. The predicted octanol–water partition coefficient (Wildman–Crippen LogP) is 5.15. The van der Waals surface area contributed by atoms with Gasteiger partial charge in [-0.15, -0.1) is 0 Å². The lowest BCUT2D eigenvalue weighted by Gasteiger charge is -2.10. The van der Waals surface area contributed by atoms with E-state index in [4.69, 9.17) is 9.84 Å². The zero-order valence-electron chi connectivity index (χ0n) is 17.7. The number of carbonyl (C=O) groups excluding carboxylic acids is 1. The monoisotopic (exact) mass is 446 g/mol. The minimum absolute atomic E-state index is 0.0347. The first kappa shape index (κ1) is 21.6. The number of nitrogens with zero attached hydrogens (tertiary/aromatic N) is 1. The van der Waals surface area contributed by atoms with Crippen LogP contribution in [0, 0.1) is 0 Å². The number of aliphatic carboxylic acids is 1. The van der Waals surface area contributed by atoms with E-state index in [1.54, 1.807) is 24.3 Å². The minimum atomic E-state index is -0.879. The zero-order chi connectivity index (χ0) is 22.7. The molecular formula is C25H22N2O4S. The number of carboxylic acids is 1. The number of amides is 1. The van der Waals surface area contributed by atoms with Gasteiger partial charge in [0.25, 0.3) is 5.91 Å². The highest BCUT2D eigenvalue weighted by molar-refractivity contribution is 8.18. The summed E-state index contributed by atoms with van der Waals surface area (Å²) in [5.41, 5.74) is 2.27. The van der Waals surface area contributed by atoms with E-state index in [1.165, 1.54) is 11.8 Å². The summed E-state index contributed by atoms with van der Waals surface area (Å²) in [6.07, 6.45) is 1.93. The molecule has 1 fully saturated rings. The molecule has 32 heavy (non-hydrogen) atoms. The van der Waals surface area contributed by atoms with Crippen molar-refractivity contribution >= 4 is 51.3 Å². The van der Waals surface area contributed by atoms with Gasteiger partial charge in [-0.1, -0.05) is 30.3 Å². The Morgan fingerprint density at radius 3 is 2.53 bits per heavy atom. The number of hydrogen-bond acceptors (Lipinski definition) is 5. The summed E-state index contributed by atoms with van der Waals surface area (Å²) in [4.78, 5) is 28.2. The lowest BCUT2D eigenvalue weighted by Crippen LogP contribution is -2.19. The van der Waals surface area contributed by atoms with Crippen molar-refractivity contribution in [3.05, 3.63) is 76.7 Å². The van der Waals surface area contributed by atoms with Crippen LogP contribution in [0.25, 0.3) is 16.8 Å². The molecule has 1 aliphatic heterocycles. The lowest BCUT2D eigenvalue weighted by atomic mass is 10.1. The first-order valence-corrected chi connectivity index (χ1v) is 11.0. The summed E-state index contributed by atoms with van der Waals surface area (Å²) in [5.74, 6) is -0.242. The number of rotatable bonds is 6. The molecule has 0 radical (unpaired) electrons. The molecule has 1 aliphatic rings. The highest BCUT2D eigenvalue weighted by Gasteiger charge is 2.23. The van der Waals surface area contributed by atoms with Gasteiger partial charge >= 0.3 is 5.97 Å². The fourth-order valence-electron chi connectivity index (χ4n) is 3.29. The van der Waals surface area contributed by atoms with Crippen LogP contribution in [0.1, 0.15) is 25.0 Å². The van der Waals surface area contributed by atoms with Crippen LogP contribution in [0.15, 0.2) is 70.6 Å². The van der Waals surface area contributed by atoms with Gasteiger partial charge in [0.15, 0.2) is 5.17 Å². The molecule has 1 heterocycles. The highest BCUT2D eigenvalue weighted by atomic mass is 32.2. The summed E-state index contributed by atoms with van der Waals surface area (Å²) in [6, 6.07) is 18.9. The van der Waals surface area contributed by atoms with Crippen LogP contribution in [-0.4, -0.2) is 28.3 Å². The number of aliphatic imine (C=N–C) groups is 1. The number of benzene rings is 3. The summed E-state index contributed by atoms with van der Waals surface area (Å²) < 4.78 is 5.75. The minimum Gasteiger partial charge on any atom is -0.491 e. The molecule has 162 valence electrons. The van der Waals surface area contributed by atoms with Crippen LogP contribution in [0.4, 0.5) is 5.69 Å². The molecule has 0 aromatic heterocycles. The van der Waals surface area contributed by atoms with E-state index < -0.39 is 5.97 Å². The largest absolute Gasteiger partial charge is 0.491 e. The van der Waals surface area contributed by atoms with Crippen LogP contribution in [0.5, 0.6) is 5.75 Å². The Kier molecular flexibility index (Phi) is 6.28. The maximum Gasteiger partial charge on any atom is 0.307 e. The third-order valence-corrected chi connectivity index (χ3v) is 5.59. The molecule has 2 N–H and O–H groups in total. The van der Waals surface area contributed by atoms with E-state index in [2.05, 4.69) is 10.3 Å². The van der Waals surface area contributed by atoms with Gasteiger partial charge in [0.05, 0.1) is 23.1 Å². The summed E-state index contributed by atoms with van der Waals surface area (Å²) >= 11 is 1.27. The van der Waals surface area contributed by atoms with Crippen molar-refractivity contribution in [1.82, 2.24) is 5.32 Å². The van der Waals surface area contributed by atoms with E-state index in [-0.39, 0.29) is 18.4 Å². The quantitative estimate of drug-likeness (QED) is 0.512. The number of ether oxygens (including phenoxy) is 1. The van der Waals surface area contributed by atoms with E-state index in [0.29, 0.717) is 21.3 Å². The zero-order valence-corrected chi connectivity index (χ0v) is 18.5. The van der Waals surface area contributed by atoms with Crippen molar-refractivity contribution in [2.45, 2.75) is 26.4 Å². The third kappa shape index (κ3) is 5.36. The van der Waals surface area contributed by atoms with E-state index in [0.717, 1.165) is 22.1 Å². The normalized spacial score (nSPS) is 16.2. The molecule has 0 aliphatic carbocycles. The molecule has 3 aromatic rings. The van der Waals surface area contributed by atoms with Gasteiger partial charge < -0.3 is 15.2 Å². The number of carbonyl (C=O) groups is 2. The highest BCUT2D eigenvalue weighted by Crippen LogP contribution is 2.29. The second-order valence-corrected chi connectivity index (χ2v) is 8.68. The van der Waals surface area contributed by atoms with Crippen LogP contribution >= 0.6 is 11.8 Å². The maximum absolute atomic E-state index is 12.4. The smallest absolute Gasteiger partial charge is 0.307 e. The second kappa shape index (κ2) is 9.28. The molecule has 7 heteroatoms. The number of thioether (sulfide) groups is 1. The van der Waals surface area contributed by atoms with Gasteiger partial charge in [-0.05, 0) is 83.9 Å². The lowest BCUT2D eigenvalue weighted by molar-refractivity contribution is -0.136. The van der Waals surface area contributed by atoms with Gasteiger partial charge in [0.1, 0.15) is 5.75 Å². The summed E-state index contributed by atoms with van der Waals surface area (Å²) in [7, 11) is 0. The molecule has 0 unspecified atom stereocenters. The van der Waals surface area contributed by atoms with Crippen molar-refractivity contribution < 1.29 is 19.4 Å². The Labute approximate surface area is 190 Å². The summed E-state index contributed by atoms with van der Waals surface area (Å²) in [6.45, 7) is 3.99. The number of amidine groups is 1. The SMILES string of the molecule is CC(C)Oc1ccc2cc(C=C3SC(=Nc4ccc(CC(=O)O)cc4)NC3=O)ccc2c1. The van der Waals surface area contributed by atoms with Crippen molar-refractivity contribution in [3.63, 3.8) is 0 Å². The Morgan fingerprint density at radius 2 is 1.81 bits per heavy atom. The van der Waals surface area contributed by atoms with Gasteiger partial charge in [0.2, 0.25) is 0 Å². The van der Waals surface area contributed by atoms with Gasteiger partial charge in [-0.2, -0.15) is 0 Å². The van der Waals surface area contributed by atoms with Gasteiger partial charge in [-0.3, -0.25) is 9.59 Å². The summed E-state index contributed by atoms with van der Waals surface area (Å²) in [5, 5.41) is 14.3. The average Bonchev–Trinajstić information content (AvgIpc) is 3.07. The molecule has 1 saturated heterocycles. The molecule has 1 amide bonds. The topological polar surface area (TPSA) is 88.0 Å². The molecule has 4 rings (SSSR count). The number of nitrogens with one attached hydrogen (secondary N) is 1. The van der Waals surface area contributed by atoms with Crippen molar-refractivity contribution in [1.29, 1.82) is 0 Å². The Balaban J connectivity index is 1.50. The van der Waals surface area contributed by atoms with Gasteiger partial charge in [0, 0.05) is 0 Å². The Bertz CT molecular complexity index is 1250. The van der Waals surface area contributed by atoms with E-state index >= 15 is 0 Å². The van der Waals surface area contributed by atoms with E-state index in [9.17, 15) is 9.59 Å². The number of fused-ring (bicyclic) bond motifs is 1. The average molecular weight is 447 g/mol. The Morgan fingerprint density at radius 1 is 1.09 bits per heavy atom. The van der Waals surface area contributed by atoms with Crippen molar-refractivity contribution in [2.75, 3.05) is 0 Å². The van der Waals surface area contributed by atoms with E-state index in [1.807, 2.05) is 56.3 Å². The number of hydrogen-bond donors (Lipinski definition) is 2. The van der Waals surface area contributed by atoms with Crippen molar-refractivity contribution in [3.8, 4) is 5.75 Å². The van der Waals surface area contributed by atoms with Gasteiger partial charge in [-0.25, -0.2) is 4.99 Å². The Hall–Kier alpha value is -3.58. The molecule has 0 atom stereocenters. The number of carboxylic acid groups (broad SMARTS) is 1. The molecule has 0 spiro atoms. The maximum atomic E-state index is 12.4. The standard InChI is InChI=1S/C25H22N2O4S/c1-15(2)31-21-10-7-18-11-17(3-6-19(18)14-21)12-22-24(30)27-25(32-22)26-20-8-4-16(5-9-20)13-23(28)29/h3-12,14-15H,13H2,1-2H3,(H,28,29)(H,26,27,30). The molecule has 6 nitrogen and oxygen atoms in total. The van der Waals surface area contributed by atoms with Crippen LogP contribution in [0.2, 0.25) is 0 Å². The first-order chi connectivity index (χ1) is 15.4. The molecule has 3 aromatic carbocycles. The predicted molar refractivity (Wildman–Crippen MR) is 128 cm³/mol. The van der Waals surface area contributed by atoms with Crippen LogP contribution in [-0.2, 0) is 16.0 Å². The molecule has 0 bridgehead atoms. The first-order valence-electron chi connectivity index (χ1n) is 10.2. The molecular weight excluding hydrogens is 424 g/mol. The molecule has 0 saturated carbocycles. The third-order valence-electron chi connectivity index (χ3n) is 4.68. The van der Waals surface area contributed by atoms with Crippen LogP contribution < -0.4 is 10.1 Å². The van der Waals surface area contributed by atoms with Crippen LogP contribution in [0.3, 0.4) is 0 Å². The van der Waals surface area contributed by atoms with Crippen molar-refractivity contribution in [2.24, 2.45) is 4.99 Å². The fraction of sp³-hybridized carbons (Fsp3) is 0.160.